The van der Waals surface area contributed by atoms with Gasteiger partial charge in [-0.3, -0.25) is 0 Å². The van der Waals surface area contributed by atoms with E-state index in [0.29, 0.717) is 13.1 Å². The number of para-hydroxylation sites is 1. The second-order valence-electron chi connectivity index (χ2n) is 6.10. The molecule has 0 aliphatic carbocycles. The molecule has 3 heteroatoms. The fourth-order valence-corrected chi connectivity index (χ4v) is 2.12. The average Bonchev–Trinajstić information content (AvgIpc) is 2.47. The van der Waals surface area contributed by atoms with Crippen LogP contribution in [0.1, 0.15) is 32.8 Å². The Balaban J connectivity index is 2.28. The van der Waals surface area contributed by atoms with Crippen molar-refractivity contribution in [3.63, 3.8) is 0 Å². The number of quaternary nitrogens is 1. The van der Waals surface area contributed by atoms with E-state index in [1.165, 1.54) is 0 Å². The number of hydrogen-bond acceptors (Lipinski definition) is 2. The Bertz CT molecular complexity index is 448. The molecule has 0 aromatic heterocycles. The van der Waals surface area contributed by atoms with Gasteiger partial charge in [-0.25, -0.2) is 4.76 Å². The molecule has 0 bridgehead atoms. The molecular weight excluding hydrogens is 224 g/mol. The van der Waals surface area contributed by atoms with Crippen molar-refractivity contribution in [3.8, 4) is 0 Å². The quantitative estimate of drug-likeness (QED) is 0.640. The number of hydroxylamine groups is 1. The second-order valence-corrected chi connectivity index (χ2v) is 6.10. The molecule has 98 valence electrons. The third-order valence-corrected chi connectivity index (χ3v) is 3.26. The second kappa shape index (κ2) is 4.84. The van der Waals surface area contributed by atoms with Crippen molar-refractivity contribution in [1.29, 1.82) is 0 Å². The Morgan fingerprint density at radius 3 is 2.72 bits per heavy atom. The normalized spacial score (nSPS) is 23.6. The Hall–Kier alpha value is -1.16. The fourth-order valence-electron chi connectivity index (χ4n) is 2.12. The smallest absolute Gasteiger partial charge is 0.159 e. The molecular formula is C15H22N2O. The topological polar surface area (TPSA) is 35.1 Å². The molecule has 1 heterocycles. The van der Waals surface area contributed by atoms with Crippen molar-refractivity contribution in [1.82, 2.24) is 10.2 Å². The van der Waals surface area contributed by atoms with Crippen LogP contribution in [-0.2, 0) is 0 Å². The van der Waals surface area contributed by atoms with Crippen LogP contribution in [0, 0.1) is 10.6 Å². The lowest BCUT2D eigenvalue weighted by atomic mass is 9.92. The van der Waals surface area contributed by atoms with Crippen molar-refractivity contribution in [2.45, 2.75) is 27.2 Å². The Morgan fingerprint density at radius 1 is 1.28 bits per heavy atom. The summed E-state index contributed by atoms with van der Waals surface area (Å²) in [5, 5.41) is 13.0. The summed E-state index contributed by atoms with van der Waals surface area (Å²) in [6.07, 6.45) is 4.92. The number of rotatable bonds is 2. The van der Waals surface area contributed by atoms with Crippen molar-refractivity contribution >= 4 is 11.8 Å². The summed E-state index contributed by atoms with van der Waals surface area (Å²) in [5.41, 5.74) is 5.09. The first-order chi connectivity index (χ1) is 8.41. The van der Waals surface area contributed by atoms with Crippen LogP contribution in [0.2, 0.25) is 0 Å². The first-order valence-electron chi connectivity index (χ1n) is 6.51. The molecule has 0 saturated carbocycles. The monoisotopic (exact) mass is 246 g/mol. The number of nitrogens with one attached hydrogen (secondary N) is 1. The highest BCUT2D eigenvalue weighted by Gasteiger charge is 2.26. The number of benzene rings is 1. The SMILES string of the molecule is CC(C)(C)CC[N+]1([O-])NCC=Cc2ccccc21. The van der Waals surface area contributed by atoms with Gasteiger partial charge in [0.25, 0.3) is 0 Å². The van der Waals surface area contributed by atoms with Crippen LogP contribution in [0.25, 0.3) is 6.08 Å². The Morgan fingerprint density at radius 2 is 2.00 bits per heavy atom. The minimum absolute atomic E-state index is 0.173. The van der Waals surface area contributed by atoms with E-state index in [1.54, 1.807) is 0 Å². The van der Waals surface area contributed by atoms with Crippen LogP contribution < -0.4 is 10.2 Å². The summed E-state index contributed by atoms with van der Waals surface area (Å²) >= 11 is 0. The molecule has 0 spiro atoms. The molecule has 0 saturated heterocycles. The van der Waals surface area contributed by atoms with Crippen LogP contribution in [0.5, 0.6) is 0 Å². The summed E-state index contributed by atoms with van der Waals surface area (Å²) in [4.78, 5) is 0. The van der Waals surface area contributed by atoms with Gasteiger partial charge in [-0.1, -0.05) is 45.1 Å². The first-order valence-corrected chi connectivity index (χ1v) is 6.51. The minimum atomic E-state index is -0.430. The van der Waals surface area contributed by atoms with Gasteiger partial charge in [-0.2, -0.15) is 5.43 Å². The molecule has 1 aliphatic rings. The first kappa shape index (κ1) is 13.3. The zero-order valence-corrected chi connectivity index (χ0v) is 11.4. The van der Waals surface area contributed by atoms with Crippen molar-refractivity contribution in [3.05, 3.63) is 41.1 Å². The highest BCUT2D eigenvalue weighted by Crippen LogP contribution is 2.30. The van der Waals surface area contributed by atoms with Gasteiger partial charge >= 0.3 is 0 Å². The maximum absolute atomic E-state index is 13.0. The molecule has 2 rings (SSSR count). The summed E-state index contributed by atoms with van der Waals surface area (Å²) < 4.78 is -0.430. The largest absolute Gasteiger partial charge is 0.606 e. The molecule has 0 fully saturated rings. The lowest BCUT2D eigenvalue weighted by Crippen LogP contribution is -2.56. The molecule has 1 aromatic rings. The van der Waals surface area contributed by atoms with E-state index >= 15 is 0 Å². The van der Waals surface area contributed by atoms with E-state index < -0.39 is 4.76 Å². The Kier molecular flexibility index (Phi) is 3.57. The third kappa shape index (κ3) is 2.99. The summed E-state index contributed by atoms with van der Waals surface area (Å²) in [7, 11) is 0. The van der Waals surface area contributed by atoms with Crippen molar-refractivity contribution in [2.24, 2.45) is 5.41 Å². The minimum Gasteiger partial charge on any atom is -0.606 e. The average molecular weight is 246 g/mol. The maximum Gasteiger partial charge on any atom is 0.159 e. The van der Waals surface area contributed by atoms with Gasteiger partial charge in [0.15, 0.2) is 5.69 Å². The number of hydrogen-bond donors (Lipinski definition) is 1. The van der Waals surface area contributed by atoms with Crippen LogP contribution in [0.15, 0.2) is 30.3 Å². The van der Waals surface area contributed by atoms with E-state index in [2.05, 4.69) is 26.2 Å². The highest BCUT2D eigenvalue weighted by molar-refractivity contribution is 5.67. The summed E-state index contributed by atoms with van der Waals surface area (Å²) in [6.45, 7) is 7.67. The zero-order chi connectivity index (χ0) is 13.2. The maximum atomic E-state index is 13.0. The molecule has 1 N–H and O–H groups in total. The summed E-state index contributed by atoms with van der Waals surface area (Å²) in [6, 6.07) is 7.83. The predicted octanol–water partition coefficient (Wildman–Crippen LogP) is 3.46. The van der Waals surface area contributed by atoms with E-state index in [4.69, 9.17) is 0 Å². The van der Waals surface area contributed by atoms with Gasteiger partial charge in [-0.05, 0) is 11.5 Å². The molecule has 0 radical (unpaired) electrons. The molecule has 1 aliphatic heterocycles. The van der Waals surface area contributed by atoms with Gasteiger partial charge in [0.2, 0.25) is 0 Å². The molecule has 3 nitrogen and oxygen atoms in total. The standard InChI is InChI=1S/C15H22N2O/c1-15(2,3)10-12-17(18)14-9-5-4-7-13(14)8-6-11-16-17/h4-9,16H,10-12H2,1-3H3. The highest BCUT2D eigenvalue weighted by atomic mass is 16.6. The van der Waals surface area contributed by atoms with Gasteiger partial charge < -0.3 is 5.21 Å². The molecule has 1 unspecified atom stereocenters. The van der Waals surface area contributed by atoms with Gasteiger partial charge in [-0.15, -0.1) is 0 Å². The predicted molar refractivity (Wildman–Crippen MR) is 77.6 cm³/mol. The lowest BCUT2D eigenvalue weighted by molar-refractivity contribution is 0.235. The van der Waals surface area contributed by atoms with Crippen LogP contribution in [0.3, 0.4) is 0 Å². The van der Waals surface area contributed by atoms with E-state index in [0.717, 1.165) is 17.7 Å². The molecule has 0 amide bonds. The van der Waals surface area contributed by atoms with E-state index in [-0.39, 0.29) is 5.41 Å². The zero-order valence-electron chi connectivity index (χ0n) is 11.4. The number of fused-ring (bicyclic) bond motifs is 1. The molecule has 18 heavy (non-hydrogen) atoms. The Labute approximate surface area is 109 Å². The molecule has 1 aromatic carbocycles. The van der Waals surface area contributed by atoms with Crippen LogP contribution in [-0.4, -0.2) is 13.1 Å². The van der Waals surface area contributed by atoms with E-state index in [9.17, 15) is 5.21 Å². The summed E-state index contributed by atoms with van der Waals surface area (Å²) in [5.74, 6) is 0. The lowest BCUT2D eigenvalue weighted by Gasteiger charge is -2.42. The molecule has 1 atom stereocenters. The van der Waals surface area contributed by atoms with Gasteiger partial charge in [0.05, 0.1) is 6.54 Å². The van der Waals surface area contributed by atoms with Crippen molar-refractivity contribution in [2.75, 3.05) is 13.1 Å². The fraction of sp³-hybridized carbons (Fsp3) is 0.467. The van der Waals surface area contributed by atoms with E-state index in [1.807, 2.05) is 36.4 Å². The van der Waals surface area contributed by atoms with Crippen molar-refractivity contribution < 1.29 is 0 Å². The van der Waals surface area contributed by atoms with Crippen LogP contribution in [0.4, 0.5) is 5.69 Å². The van der Waals surface area contributed by atoms with Crippen LogP contribution >= 0.6 is 0 Å². The third-order valence-electron chi connectivity index (χ3n) is 3.26. The van der Waals surface area contributed by atoms with Gasteiger partial charge in [0.1, 0.15) is 6.54 Å². The number of nitrogens with zero attached hydrogens (tertiary/aromatic N) is 1. The van der Waals surface area contributed by atoms with Gasteiger partial charge in [0, 0.05) is 18.1 Å².